The number of thiophene rings is 1. The van der Waals surface area contributed by atoms with Crippen molar-refractivity contribution in [3.05, 3.63) is 47.1 Å². The van der Waals surface area contributed by atoms with Crippen LogP contribution in [0.25, 0.3) is 10.4 Å². The van der Waals surface area contributed by atoms with Crippen LogP contribution in [-0.4, -0.2) is 17.1 Å². The minimum atomic E-state index is -0.833. The van der Waals surface area contributed by atoms with Gasteiger partial charge in [0, 0.05) is 16.3 Å². The molecular formula is C16H18FNO2S. The summed E-state index contributed by atoms with van der Waals surface area (Å²) in [5.41, 5.74) is 0.964. The van der Waals surface area contributed by atoms with E-state index in [0.717, 1.165) is 15.3 Å². The smallest absolute Gasteiger partial charge is 0.320 e. The molecule has 0 aliphatic carbocycles. The van der Waals surface area contributed by atoms with Gasteiger partial charge in [-0.3, -0.25) is 10.1 Å². The van der Waals surface area contributed by atoms with Gasteiger partial charge in [0.15, 0.2) is 0 Å². The summed E-state index contributed by atoms with van der Waals surface area (Å²) in [6.45, 7) is 4.27. The third-order valence-electron chi connectivity index (χ3n) is 3.22. The summed E-state index contributed by atoms with van der Waals surface area (Å²) in [5.74, 6) is -1.06. The van der Waals surface area contributed by atoms with Gasteiger partial charge in [-0.2, -0.15) is 0 Å². The van der Waals surface area contributed by atoms with Crippen molar-refractivity contribution in [2.75, 3.05) is 0 Å². The van der Waals surface area contributed by atoms with E-state index >= 15 is 0 Å². The SMILES string of the molecule is CC(C)[C@@H](NCc1ccc(-c2ccc(F)cc2)s1)C(=O)O. The van der Waals surface area contributed by atoms with Gasteiger partial charge in [0.25, 0.3) is 0 Å². The summed E-state index contributed by atoms with van der Waals surface area (Å²) >= 11 is 1.58. The molecule has 1 heterocycles. The lowest BCUT2D eigenvalue weighted by Gasteiger charge is -2.17. The lowest BCUT2D eigenvalue weighted by molar-refractivity contribution is -0.140. The lowest BCUT2D eigenvalue weighted by Crippen LogP contribution is -2.40. The van der Waals surface area contributed by atoms with Crippen LogP contribution in [0.2, 0.25) is 0 Å². The number of aliphatic carboxylic acids is 1. The number of benzene rings is 1. The predicted molar refractivity (Wildman–Crippen MR) is 82.8 cm³/mol. The largest absolute Gasteiger partial charge is 0.480 e. The van der Waals surface area contributed by atoms with Gasteiger partial charge in [-0.1, -0.05) is 26.0 Å². The molecular weight excluding hydrogens is 289 g/mol. The first-order valence-corrected chi connectivity index (χ1v) is 7.60. The molecule has 0 amide bonds. The van der Waals surface area contributed by atoms with E-state index in [-0.39, 0.29) is 11.7 Å². The van der Waals surface area contributed by atoms with E-state index in [9.17, 15) is 9.18 Å². The van der Waals surface area contributed by atoms with Crippen LogP contribution in [0.15, 0.2) is 36.4 Å². The van der Waals surface area contributed by atoms with Gasteiger partial charge in [-0.05, 0) is 35.7 Å². The van der Waals surface area contributed by atoms with Crippen LogP contribution in [0.1, 0.15) is 18.7 Å². The Labute approximate surface area is 127 Å². The molecule has 0 spiro atoms. The van der Waals surface area contributed by atoms with Gasteiger partial charge in [0.2, 0.25) is 0 Å². The molecule has 0 unspecified atom stereocenters. The number of hydrogen-bond acceptors (Lipinski definition) is 3. The highest BCUT2D eigenvalue weighted by molar-refractivity contribution is 7.15. The molecule has 1 aromatic carbocycles. The Morgan fingerprint density at radius 1 is 1.24 bits per heavy atom. The Kier molecular flexibility index (Phi) is 5.09. The number of nitrogens with one attached hydrogen (secondary N) is 1. The first-order valence-electron chi connectivity index (χ1n) is 6.78. The fourth-order valence-corrected chi connectivity index (χ4v) is 3.03. The van der Waals surface area contributed by atoms with Crippen molar-refractivity contribution >= 4 is 17.3 Å². The monoisotopic (exact) mass is 307 g/mol. The average Bonchev–Trinajstić information content (AvgIpc) is 2.87. The Balaban J connectivity index is 2.03. The molecule has 2 rings (SSSR count). The zero-order valence-electron chi connectivity index (χ0n) is 12.0. The van der Waals surface area contributed by atoms with Gasteiger partial charge < -0.3 is 5.11 Å². The quantitative estimate of drug-likeness (QED) is 0.854. The van der Waals surface area contributed by atoms with Crippen molar-refractivity contribution in [2.45, 2.75) is 26.4 Å². The maximum atomic E-state index is 12.9. The van der Waals surface area contributed by atoms with E-state index in [0.29, 0.717) is 6.54 Å². The zero-order valence-corrected chi connectivity index (χ0v) is 12.8. The van der Waals surface area contributed by atoms with E-state index in [1.807, 2.05) is 26.0 Å². The fraction of sp³-hybridized carbons (Fsp3) is 0.312. The Bertz CT molecular complexity index is 607. The molecule has 0 saturated heterocycles. The second kappa shape index (κ2) is 6.83. The van der Waals surface area contributed by atoms with E-state index in [2.05, 4.69) is 5.32 Å². The first-order chi connectivity index (χ1) is 9.97. The predicted octanol–water partition coefficient (Wildman–Crippen LogP) is 3.75. The molecule has 0 bridgehead atoms. The topological polar surface area (TPSA) is 49.3 Å². The van der Waals surface area contributed by atoms with Crippen LogP contribution < -0.4 is 5.32 Å². The van der Waals surface area contributed by atoms with Gasteiger partial charge >= 0.3 is 5.97 Å². The second-order valence-corrected chi connectivity index (χ2v) is 6.38. The lowest BCUT2D eigenvalue weighted by atomic mass is 10.1. The highest BCUT2D eigenvalue weighted by atomic mass is 32.1. The number of hydrogen-bond donors (Lipinski definition) is 2. The average molecular weight is 307 g/mol. The molecule has 0 fully saturated rings. The Hall–Kier alpha value is -1.72. The molecule has 2 aromatic rings. The van der Waals surface area contributed by atoms with Crippen molar-refractivity contribution in [1.29, 1.82) is 0 Å². The Morgan fingerprint density at radius 3 is 2.48 bits per heavy atom. The van der Waals surface area contributed by atoms with Crippen molar-refractivity contribution in [3.63, 3.8) is 0 Å². The fourth-order valence-electron chi connectivity index (χ4n) is 2.06. The van der Waals surface area contributed by atoms with E-state index in [4.69, 9.17) is 5.11 Å². The van der Waals surface area contributed by atoms with Gasteiger partial charge in [0.05, 0.1) is 0 Å². The highest BCUT2D eigenvalue weighted by Crippen LogP contribution is 2.28. The molecule has 0 radical (unpaired) electrons. The number of carboxylic acid groups (broad SMARTS) is 1. The number of halogens is 1. The van der Waals surface area contributed by atoms with Crippen molar-refractivity contribution in [2.24, 2.45) is 5.92 Å². The van der Waals surface area contributed by atoms with Crippen molar-refractivity contribution < 1.29 is 14.3 Å². The Morgan fingerprint density at radius 2 is 1.90 bits per heavy atom. The number of rotatable bonds is 6. The summed E-state index contributed by atoms with van der Waals surface area (Å²) in [6.07, 6.45) is 0. The second-order valence-electron chi connectivity index (χ2n) is 5.21. The minimum Gasteiger partial charge on any atom is -0.480 e. The molecule has 0 saturated carbocycles. The third kappa shape index (κ3) is 4.12. The molecule has 2 N–H and O–H groups in total. The van der Waals surface area contributed by atoms with Crippen molar-refractivity contribution in [1.82, 2.24) is 5.32 Å². The molecule has 3 nitrogen and oxygen atoms in total. The maximum Gasteiger partial charge on any atom is 0.320 e. The summed E-state index contributed by atoms with van der Waals surface area (Å²) in [4.78, 5) is 13.2. The van der Waals surface area contributed by atoms with Gasteiger partial charge in [0.1, 0.15) is 11.9 Å². The van der Waals surface area contributed by atoms with Crippen molar-refractivity contribution in [3.8, 4) is 10.4 Å². The number of carbonyl (C=O) groups is 1. The summed E-state index contributed by atoms with van der Waals surface area (Å²) in [6, 6.07) is 9.74. The summed E-state index contributed by atoms with van der Waals surface area (Å²) in [7, 11) is 0. The van der Waals surface area contributed by atoms with E-state index in [1.54, 1.807) is 23.5 Å². The van der Waals surface area contributed by atoms with Crippen LogP contribution in [0.4, 0.5) is 4.39 Å². The van der Waals surface area contributed by atoms with Crippen LogP contribution in [0.3, 0.4) is 0 Å². The molecule has 21 heavy (non-hydrogen) atoms. The van der Waals surface area contributed by atoms with E-state index in [1.165, 1.54) is 12.1 Å². The molecule has 0 aliphatic heterocycles. The van der Waals surface area contributed by atoms with Crippen LogP contribution >= 0.6 is 11.3 Å². The molecule has 112 valence electrons. The zero-order chi connectivity index (χ0) is 15.4. The standard InChI is InChI=1S/C16H18FNO2S/c1-10(2)15(16(19)20)18-9-13-7-8-14(21-13)11-3-5-12(17)6-4-11/h3-8,10,15,18H,9H2,1-2H3,(H,19,20)/t15-/m1/s1. The number of carboxylic acids is 1. The third-order valence-corrected chi connectivity index (χ3v) is 4.35. The molecule has 1 aromatic heterocycles. The summed E-state index contributed by atoms with van der Waals surface area (Å²) < 4.78 is 12.9. The first kappa shape index (κ1) is 15.7. The summed E-state index contributed by atoms with van der Waals surface area (Å²) in [5, 5.41) is 12.2. The van der Waals surface area contributed by atoms with Crippen LogP contribution in [0.5, 0.6) is 0 Å². The maximum absolute atomic E-state index is 12.9. The van der Waals surface area contributed by atoms with Crippen LogP contribution in [-0.2, 0) is 11.3 Å². The normalized spacial score (nSPS) is 12.6. The molecule has 5 heteroatoms. The van der Waals surface area contributed by atoms with E-state index < -0.39 is 12.0 Å². The molecule has 1 atom stereocenters. The minimum absolute atomic E-state index is 0.0269. The van der Waals surface area contributed by atoms with Gasteiger partial charge in [-0.15, -0.1) is 11.3 Å². The highest BCUT2D eigenvalue weighted by Gasteiger charge is 2.20. The molecule has 0 aliphatic rings. The van der Waals surface area contributed by atoms with Gasteiger partial charge in [-0.25, -0.2) is 4.39 Å². The van der Waals surface area contributed by atoms with Crippen LogP contribution in [0, 0.1) is 11.7 Å².